The summed E-state index contributed by atoms with van der Waals surface area (Å²) in [6.07, 6.45) is 0. The third-order valence-electron chi connectivity index (χ3n) is 3.86. The number of methoxy groups -OCH3 is 3. The molecule has 0 fully saturated rings. The molecular formula is C19H18N2O9. The average molecular weight is 418 g/mol. The molecule has 0 spiro atoms. The molecule has 2 aromatic carbocycles. The van der Waals surface area contributed by atoms with Gasteiger partial charge in [0.15, 0.2) is 18.1 Å². The zero-order chi connectivity index (χ0) is 22.3. The van der Waals surface area contributed by atoms with Crippen molar-refractivity contribution in [3.63, 3.8) is 0 Å². The van der Waals surface area contributed by atoms with Crippen molar-refractivity contribution in [1.29, 1.82) is 0 Å². The minimum atomic E-state index is -1.14. The van der Waals surface area contributed by atoms with Gasteiger partial charge in [0.05, 0.1) is 32.3 Å². The van der Waals surface area contributed by atoms with Crippen molar-refractivity contribution in [2.75, 3.05) is 27.9 Å². The van der Waals surface area contributed by atoms with Crippen molar-refractivity contribution in [1.82, 2.24) is 5.32 Å². The number of hydrogen-bond acceptors (Lipinski definition) is 9. The predicted molar refractivity (Wildman–Crippen MR) is 102 cm³/mol. The molecular weight excluding hydrogens is 400 g/mol. The van der Waals surface area contributed by atoms with Crippen molar-refractivity contribution < 1.29 is 38.3 Å². The van der Waals surface area contributed by atoms with Crippen molar-refractivity contribution in [2.24, 2.45) is 0 Å². The van der Waals surface area contributed by atoms with Crippen LogP contribution in [0.2, 0.25) is 0 Å². The molecule has 0 saturated heterocycles. The molecule has 11 nitrogen and oxygen atoms in total. The van der Waals surface area contributed by atoms with Crippen LogP contribution >= 0.6 is 0 Å². The summed E-state index contributed by atoms with van der Waals surface area (Å²) in [6, 6.07) is 8.04. The summed E-state index contributed by atoms with van der Waals surface area (Å²) in [6.45, 7) is -0.827. The Hall–Kier alpha value is -4.15. The van der Waals surface area contributed by atoms with E-state index in [0.29, 0.717) is 5.75 Å². The number of nitro benzene ring substituents is 1. The molecule has 0 aliphatic heterocycles. The minimum absolute atomic E-state index is 0.0450. The molecule has 0 radical (unpaired) electrons. The minimum Gasteiger partial charge on any atom is -0.497 e. The normalized spacial score (nSPS) is 9.97. The van der Waals surface area contributed by atoms with Gasteiger partial charge in [0.2, 0.25) is 0 Å². The second-order valence-corrected chi connectivity index (χ2v) is 5.66. The highest BCUT2D eigenvalue weighted by Crippen LogP contribution is 2.34. The van der Waals surface area contributed by atoms with E-state index in [1.54, 1.807) is 0 Å². The van der Waals surface area contributed by atoms with Crippen LogP contribution in [-0.2, 0) is 9.53 Å². The summed E-state index contributed by atoms with van der Waals surface area (Å²) in [4.78, 5) is 46.7. The topological polar surface area (TPSA) is 143 Å². The number of carbonyl (C=O) groups is 3. The Balaban J connectivity index is 2.06. The second-order valence-electron chi connectivity index (χ2n) is 5.66. The van der Waals surface area contributed by atoms with Gasteiger partial charge < -0.3 is 18.9 Å². The number of benzene rings is 2. The number of rotatable bonds is 8. The summed E-state index contributed by atoms with van der Waals surface area (Å²) in [7, 11) is 4.04. The van der Waals surface area contributed by atoms with Gasteiger partial charge in [-0.3, -0.25) is 25.0 Å². The van der Waals surface area contributed by atoms with E-state index in [4.69, 9.17) is 18.9 Å². The highest BCUT2D eigenvalue weighted by Gasteiger charge is 2.26. The lowest BCUT2D eigenvalue weighted by Crippen LogP contribution is -2.34. The fourth-order valence-electron chi connectivity index (χ4n) is 2.37. The zero-order valence-corrected chi connectivity index (χ0v) is 16.3. The molecule has 30 heavy (non-hydrogen) atoms. The Bertz CT molecular complexity index is 971. The number of nitro groups is 1. The summed E-state index contributed by atoms with van der Waals surface area (Å²) >= 11 is 0. The SMILES string of the molecule is COc1ccc(C(=O)NC(=O)COC(=O)c2cc(OC)c(OC)cc2[N+](=O)[O-])cc1. The Morgan fingerprint density at radius 2 is 1.57 bits per heavy atom. The van der Waals surface area contributed by atoms with Crippen molar-refractivity contribution in [3.8, 4) is 17.2 Å². The van der Waals surface area contributed by atoms with Crippen molar-refractivity contribution in [3.05, 3.63) is 57.6 Å². The number of imide groups is 1. The molecule has 2 amide bonds. The van der Waals surface area contributed by atoms with Crippen LogP contribution in [0.4, 0.5) is 5.69 Å². The first-order chi connectivity index (χ1) is 14.3. The second kappa shape index (κ2) is 9.87. The first kappa shape index (κ1) is 22.1. The van der Waals surface area contributed by atoms with E-state index in [0.717, 1.165) is 12.1 Å². The van der Waals surface area contributed by atoms with Gasteiger partial charge in [0.1, 0.15) is 11.3 Å². The molecule has 0 aliphatic rings. The van der Waals surface area contributed by atoms with Crippen LogP contribution < -0.4 is 19.5 Å². The molecule has 0 unspecified atom stereocenters. The lowest BCUT2D eigenvalue weighted by atomic mass is 10.1. The third kappa shape index (κ3) is 5.22. The largest absolute Gasteiger partial charge is 0.497 e. The first-order valence-corrected chi connectivity index (χ1v) is 8.36. The van der Waals surface area contributed by atoms with Gasteiger partial charge in [-0.25, -0.2) is 4.79 Å². The lowest BCUT2D eigenvalue weighted by molar-refractivity contribution is -0.385. The molecule has 2 aromatic rings. The summed E-state index contributed by atoms with van der Waals surface area (Å²) in [5, 5.41) is 13.3. The quantitative estimate of drug-likeness (QED) is 0.385. The van der Waals surface area contributed by atoms with E-state index in [1.165, 1.54) is 45.6 Å². The molecule has 0 saturated carbocycles. The fourth-order valence-corrected chi connectivity index (χ4v) is 2.37. The smallest absolute Gasteiger partial charge is 0.345 e. The highest BCUT2D eigenvalue weighted by atomic mass is 16.6. The molecule has 0 bridgehead atoms. The number of carbonyl (C=O) groups excluding carboxylic acids is 3. The molecule has 2 rings (SSSR count). The van der Waals surface area contributed by atoms with E-state index in [9.17, 15) is 24.5 Å². The number of esters is 1. The maximum atomic E-state index is 12.3. The maximum absolute atomic E-state index is 12.3. The van der Waals surface area contributed by atoms with Crippen LogP contribution in [0.3, 0.4) is 0 Å². The Morgan fingerprint density at radius 3 is 2.10 bits per heavy atom. The van der Waals surface area contributed by atoms with Gasteiger partial charge in [0.25, 0.3) is 17.5 Å². The van der Waals surface area contributed by atoms with E-state index in [2.05, 4.69) is 0 Å². The molecule has 158 valence electrons. The monoisotopic (exact) mass is 418 g/mol. The standard InChI is InChI=1S/C19H18N2O9/c1-27-12-6-4-11(5-7-12)18(23)20-17(22)10-30-19(24)13-8-15(28-2)16(29-3)9-14(13)21(25)26/h4-9H,10H2,1-3H3,(H,20,22,23). The molecule has 0 atom stereocenters. The number of hydrogen-bond donors (Lipinski definition) is 1. The molecule has 1 N–H and O–H groups in total. The van der Waals surface area contributed by atoms with Gasteiger partial charge in [0, 0.05) is 11.6 Å². The van der Waals surface area contributed by atoms with E-state index in [1.807, 2.05) is 5.32 Å². The number of nitrogens with one attached hydrogen (secondary N) is 1. The van der Waals surface area contributed by atoms with Crippen molar-refractivity contribution in [2.45, 2.75) is 0 Å². The van der Waals surface area contributed by atoms with Gasteiger partial charge >= 0.3 is 5.97 Å². The van der Waals surface area contributed by atoms with Crippen LogP contribution in [0.1, 0.15) is 20.7 Å². The first-order valence-electron chi connectivity index (χ1n) is 8.36. The van der Waals surface area contributed by atoms with Gasteiger partial charge in [-0.1, -0.05) is 0 Å². The molecule has 0 aromatic heterocycles. The van der Waals surface area contributed by atoms with Crippen molar-refractivity contribution >= 4 is 23.5 Å². The summed E-state index contributed by atoms with van der Waals surface area (Å²) < 4.78 is 19.8. The number of amides is 2. The Labute approximate surface area is 170 Å². The van der Waals surface area contributed by atoms with E-state index < -0.39 is 40.6 Å². The maximum Gasteiger partial charge on any atom is 0.345 e. The van der Waals surface area contributed by atoms with E-state index in [-0.39, 0.29) is 17.1 Å². The Kier molecular flexibility index (Phi) is 7.28. The lowest BCUT2D eigenvalue weighted by Gasteiger charge is -2.10. The molecule has 0 heterocycles. The van der Waals surface area contributed by atoms with Crippen LogP contribution in [0.5, 0.6) is 17.2 Å². The van der Waals surface area contributed by atoms with Crippen LogP contribution in [0, 0.1) is 10.1 Å². The summed E-state index contributed by atoms with van der Waals surface area (Å²) in [5.41, 5.74) is -0.842. The van der Waals surface area contributed by atoms with Gasteiger partial charge in [-0.05, 0) is 24.3 Å². The predicted octanol–water partition coefficient (Wildman–Crippen LogP) is 1.73. The van der Waals surface area contributed by atoms with Crippen LogP contribution in [0.25, 0.3) is 0 Å². The highest BCUT2D eigenvalue weighted by molar-refractivity contribution is 6.05. The van der Waals surface area contributed by atoms with Crippen LogP contribution in [0.15, 0.2) is 36.4 Å². The Morgan fingerprint density at radius 1 is 0.967 bits per heavy atom. The zero-order valence-electron chi connectivity index (χ0n) is 16.3. The van der Waals surface area contributed by atoms with Crippen LogP contribution in [-0.4, -0.2) is 50.6 Å². The van der Waals surface area contributed by atoms with E-state index >= 15 is 0 Å². The third-order valence-corrected chi connectivity index (χ3v) is 3.86. The molecule has 11 heteroatoms. The van der Waals surface area contributed by atoms with Gasteiger partial charge in [-0.2, -0.15) is 0 Å². The summed E-state index contributed by atoms with van der Waals surface area (Å²) in [5.74, 6) is -2.13. The number of ether oxygens (including phenoxy) is 4. The van der Waals surface area contributed by atoms with Gasteiger partial charge in [-0.15, -0.1) is 0 Å². The number of nitrogens with zero attached hydrogens (tertiary/aromatic N) is 1. The molecule has 0 aliphatic carbocycles. The fraction of sp³-hybridized carbons (Fsp3) is 0.211. The average Bonchev–Trinajstić information content (AvgIpc) is 2.76.